The molecule has 1 unspecified atom stereocenters. The second kappa shape index (κ2) is 8.39. The van der Waals surface area contributed by atoms with Crippen molar-refractivity contribution in [1.29, 1.82) is 0 Å². The van der Waals surface area contributed by atoms with Gasteiger partial charge >= 0.3 is 0 Å². The van der Waals surface area contributed by atoms with Crippen LogP contribution in [0.2, 0.25) is 0 Å². The summed E-state index contributed by atoms with van der Waals surface area (Å²) in [5.74, 6) is 1.42. The third-order valence-electron chi connectivity index (χ3n) is 3.95. The molecule has 0 spiro atoms. The molecule has 128 valence electrons. The summed E-state index contributed by atoms with van der Waals surface area (Å²) in [6, 6.07) is 13.4. The Hall–Kier alpha value is -2.49. The largest absolute Gasteiger partial charge is 0.496 e. The molecule has 1 N–H and O–H groups in total. The Bertz CT molecular complexity index is 680. The Kier molecular flexibility index (Phi) is 6.24. The van der Waals surface area contributed by atoms with E-state index in [0.717, 1.165) is 17.7 Å². The molecule has 0 aromatic heterocycles. The lowest BCUT2D eigenvalue weighted by atomic mass is 10.1. The molecule has 0 aliphatic carbocycles. The maximum atomic E-state index is 12.3. The number of benzene rings is 2. The number of amides is 1. The zero-order valence-electron chi connectivity index (χ0n) is 14.8. The Balaban J connectivity index is 2.13. The molecule has 0 bridgehead atoms. The molecular formula is C20H25NO3. The van der Waals surface area contributed by atoms with Gasteiger partial charge in [-0.1, -0.05) is 24.6 Å². The third-order valence-corrected chi connectivity index (χ3v) is 3.95. The minimum absolute atomic E-state index is 0.0800. The molecule has 0 saturated heterocycles. The molecule has 2 aromatic carbocycles. The van der Waals surface area contributed by atoms with E-state index in [4.69, 9.17) is 9.47 Å². The van der Waals surface area contributed by atoms with E-state index in [-0.39, 0.29) is 11.9 Å². The van der Waals surface area contributed by atoms with Crippen molar-refractivity contribution in [2.24, 2.45) is 0 Å². The number of carbonyl (C=O) groups excluding carboxylic acids is 1. The zero-order valence-corrected chi connectivity index (χ0v) is 14.8. The van der Waals surface area contributed by atoms with Crippen molar-refractivity contribution in [1.82, 2.24) is 5.32 Å². The van der Waals surface area contributed by atoms with Crippen molar-refractivity contribution < 1.29 is 14.3 Å². The molecule has 4 heteroatoms. The van der Waals surface area contributed by atoms with Gasteiger partial charge in [0.2, 0.25) is 0 Å². The summed E-state index contributed by atoms with van der Waals surface area (Å²) in [6.07, 6.45) is 0.894. The number of rotatable bonds is 7. The van der Waals surface area contributed by atoms with E-state index in [1.54, 1.807) is 19.2 Å². The van der Waals surface area contributed by atoms with E-state index >= 15 is 0 Å². The predicted octanol–water partition coefficient (Wildman–Crippen LogP) is 4.11. The van der Waals surface area contributed by atoms with Gasteiger partial charge in [-0.25, -0.2) is 0 Å². The number of aryl methyl sites for hydroxylation is 1. The smallest absolute Gasteiger partial charge is 0.251 e. The second-order valence-corrected chi connectivity index (χ2v) is 5.91. The minimum Gasteiger partial charge on any atom is -0.496 e. The molecule has 2 rings (SSSR count). The van der Waals surface area contributed by atoms with Crippen molar-refractivity contribution >= 4 is 5.91 Å². The summed E-state index contributed by atoms with van der Waals surface area (Å²) in [4.78, 5) is 12.3. The van der Waals surface area contributed by atoms with Gasteiger partial charge in [0.05, 0.1) is 7.11 Å². The lowest BCUT2D eigenvalue weighted by Crippen LogP contribution is -2.31. The number of methoxy groups -OCH3 is 1. The summed E-state index contributed by atoms with van der Waals surface area (Å²) < 4.78 is 11.2. The van der Waals surface area contributed by atoms with Crippen LogP contribution in [0.5, 0.6) is 11.5 Å². The van der Waals surface area contributed by atoms with Crippen LogP contribution in [0.15, 0.2) is 42.5 Å². The first-order valence-electron chi connectivity index (χ1n) is 8.20. The Morgan fingerprint density at radius 1 is 1.17 bits per heavy atom. The molecule has 4 nitrogen and oxygen atoms in total. The minimum atomic E-state index is -0.0800. The van der Waals surface area contributed by atoms with Crippen molar-refractivity contribution in [3.8, 4) is 11.5 Å². The van der Waals surface area contributed by atoms with Crippen LogP contribution in [0, 0.1) is 6.92 Å². The van der Waals surface area contributed by atoms with Crippen molar-refractivity contribution in [3.05, 3.63) is 59.2 Å². The van der Waals surface area contributed by atoms with Gasteiger partial charge in [-0.15, -0.1) is 0 Å². The van der Waals surface area contributed by atoms with Crippen LogP contribution < -0.4 is 14.8 Å². The molecule has 0 aliphatic rings. The molecule has 0 saturated carbocycles. The fourth-order valence-electron chi connectivity index (χ4n) is 2.24. The van der Waals surface area contributed by atoms with Crippen molar-refractivity contribution in [2.45, 2.75) is 39.8 Å². The second-order valence-electron chi connectivity index (χ2n) is 5.91. The van der Waals surface area contributed by atoms with E-state index in [2.05, 4.69) is 5.32 Å². The standard InChI is InChI=1S/C20H25NO3/c1-5-15(3)21-20(22)16-8-11-19(23-4)17(12-16)13-24-18-9-6-14(2)7-10-18/h6-12,15H,5,13H2,1-4H3,(H,21,22). The summed E-state index contributed by atoms with van der Waals surface area (Å²) in [6.45, 7) is 6.41. The molecule has 1 atom stereocenters. The average molecular weight is 327 g/mol. The molecule has 24 heavy (non-hydrogen) atoms. The first-order valence-corrected chi connectivity index (χ1v) is 8.20. The van der Waals surface area contributed by atoms with Gasteiger partial charge in [0.1, 0.15) is 18.1 Å². The van der Waals surface area contributed by atoms with Crippen LogP contribution in [0.25, 0.3) is 0 Å². The fourth-order valence-corrected chi connectivity index (χ4v) is 2.24. The highest BCUT2D eigenvalue weighted by molar-refractivity contribution is 5.94. The normalized spacial score (nSPS) is 11.7. The maximum Gasteiger partial charge on any atom is 0.251 e. The summed E-state index contributed by atoms with van der Waals surface area (Å²) >= 11 is 0. The first-order chi connectivity index (χ1) is 11.5. The molecule has 0 fully saturated rings. The van der Waals surface area contributed by atoms with Gasteiger partial charge in [0.25, 0.3) is 5.91 Å². The number of hydrogen-bond acceptors (Lipinski definition) is 3. The summed E-state index contributed by atoms with van der Waals surface area (Å²) in [7, 11) is 1.61. The SMILES string of the molecule is CCC(C)NC(=O)c1ccc(OC)c(COc2ccc(C)cc2)c1. The highest BCUT2D eigenvalue weighted by atomic mass is 16.5. The van der Waals surface area contributed by atoms with Crippen LogP contribution in [-0.2, 0) is 6.61 Å². The lowest BCUT2D eigenvalue weighted by Gasteiger charge is -2.14. The van der Waals surface area contributed by atoms with Crippen LogP contribution in [-0.4, -0.2) is 19.1 Å². The zero-order chi connectivity index (χ0) is 17.5. The topological polar surface area (TPSA) is 47.6 Å². The van der Waals surface area contributed by atoms with E-state index in [9.17, 15) is 4.79 Å². The van der Waals surface area contributed by atoms with Gasteiger partial charge in [-0.2, -0.15) is 0 Å². The van der Waals surface area contributed by atoms with Gasteiger partial charge in [0.15, 0.2) is 0 Å². The monoisotopic (exact) mass is 327 g/mol. The quantitative estimate of drug-likeness (QED) is 0.832. The lowest BCUT2D eigenvalue weighted by molar-refractivity contribution is 0.0939. The highest BCUT2D eigenvalue weighted by Crippen LogP contribution is 2.22. The molecule has 0 heterocycles. The Morgan fingerprint density at radius 2 is 1.88 bits per heavy atom. The fraction of sp³-hybridized carbons (Fsp3) is 0.350. The van der Waals surface area contributed by atoms with Crippen LogP contribution >= 0.6 is 0 Å². The number of ether oxygens (including phenoxy) is 2. The highest BCUT2D eigenvalue weighted by Gasteiger charge is 2.12. The van der Waals surface area contributed by atoms with Gasteiger partial charge in [-0.3, -0.25) is 4.79 Å². The molecular weight excluding hydrogens is 302 g/mol. The van der Waals surface area contributed by atoms with Crippen molar-refractivity contribution in [2.75, 3.05) is 7.11 Å². The molecule has 1 amide bonds. The molecule has 0 radical (unpaired) electrons. The number of carbonyl (C=O) groups is 1. The third kappa shape index (κ3) is 4.75. The number of nitrogens with one attached hydrogen (secondary N) is 1. The average Bonchev–Trinajstić information content (AvgIpc) is 2.60. The van der Waals surface area contributed by atoms with E-state index in [0.29, 0.717) is 17.9 Å². The predicted molar refractivity (Wildman–Crippen MR) is 95.7 cm³/mol. The van der Waals surface area contributed by atoms with Gasteiger partial charge in [-0.05, 0) is 50.6 Å². The number of hydrogen-bond donors (Lipinski definition) is 1. The van der Waals surface area contributed by atoms with E-state index in [1.807, 2.05) is 51.1 Å². The van der Waals surface area contributed by atoms with Gasteiger partial charge < -0.3 is 14.8 Å². The Labute approximate surface area is 143 Å². The summed E-state index contributed by atoms with van der Waals surface area (Å²) in [5.41, 5.74) is 2.64. The van der Waals surface area contributed by atoms with Crippen molar-refractivity contribution in [3.63, 3.8) is 0 Å². The molecule has 2 aromatic rings. The van der Waals surface area contributed by atoms with Crippen LogP contribution in [0.4, 0.5) is 0 Å². The van der Waals surface area contributed by atoms with Gasteiger partial charge in [0, 0.05) is 17.2 Å². The van der Waals surface area contributed by atoms with Crippen LogP contribution in [0.3, 0.4) is 0 Å². The molecule has 0 aliphatic heterocycles. The Morgan fingerprint density at radius 3 is 2.50 bits per heavy atom. The summed E-state index contributed by atoms with van der Waals surface area (Å²) in [5, 5.41) is 2.97. The van der Waals surface area contributed by atoms with E-state index in [1.165, 1.54) is 5.56 Å². The van der Waals surface area contributed by atoms with E-state index < -0.39 is 0 Å². The maximum absolute atomic E-state index is 12.3. The van der Waals surface area contributed by atoms with Crippen LogP contribution in [0.1, 0.15) is 41.8 Å². The first kappa shape index (κ1) is 17.9.